The van der Waals surface area contributed by atoms with Gasteiger partial charge in [0, 0.05) is 16.6 Å². The molecule has 0 aliphatic rings. The highest BCUT2D eigenvalue weighted by Crippen LogP contribution is 2.26. The molecule has 114 valence electrons. The molecule has 1 aromatic carbocycles. The van der Waals surface area contributed by atoms with Crippen LogP contribution in [0.3, 0.4) is 0 Å². The minimum atomic E-state index is -4.05. The van der Waals surface area contributed by atoms with Gasteiger partial charge in [-0.3, -0.25) is 0 Å². The molecule has 0 spiro atoms. The monoisotopic (exact) mass is 377 g/mol. The highest BCUT2D eigenvalue weighted by Gasteiger charge is 2.21. The molecule has 0 saturated heterocycles. The molecule has 0 radical (unpaired) electrons. The van der Waals surface area contributed by atoms with Gasteiger partial charge in [0.15, 0.2) is 0 Å². The SMILES string of the molecule is CCc1cnc(CNS(=O)(=O)c2cc(N)c(Br)cc2F)o1. The number of hydrogen-bond donors (Lipinski definition) is 2. The van der Waals surface area contributed by atoms with Crippen molar-refractivity contribution in [2.24, 2.45) is 0 Å². The number of halogens is 2. The van der Waals surface area contributed by atoms with E-state index in [1.165, 1.54) is 6.20 Å². The Morgan fingerprint density at radius 3 is 2.81 bits per heavy atom. The van der Waals surface area contributed by atoms with Crippen LogP contribution < -0.4 is 10.5 Å². The molecule has 3 N–H and O–H groups in total. The molecule has 0 amide bonds. The van der Waals surface area contributed by atoms with Crippen molar-refractivity contribution in [1.82, 2.24) is 9.71 Å². The Labute approximate surface area is 129 Å². The summed E-state index contributed by atoms with van der Waals surface area (Å²) in [6, 6.07) is 2.05. The average Bonchev–Trinajstić information content (AvgIpc) is 2.88. The third-order valence-corrected chi connectivity index (χ3v) is 4.81. The number of nitrogens with two attached hydrogens (primary N) is 1. The van der Waals surface area contributed by atoms with Crippen LogP contribution in [-0.4, -0.2) is 13.4 Å². The molecule has 2 aromatic rings. The molecule has 1 heterocycles. The zero-order valence-corrected chi connectivity index (χ0v) is 13.5. The first kappa shape index (κ1) is 15.9. The van der Waals surface area contributed by atoms with Crippen LogP contribution in [0.5, 0.6) is 0 Å². The minimum absolute atomic E-state index is 0.126. The Hall–Kier alpha value is -1.45. The normalized spacial score (nSPS) is 11.8. The molecule has 0 aliphatic heterocycles. The smallest absolute Gasteiger partial charge is 0.244 e. The summed E-state index contributed by atoms with van der Waals surface area (Å²) in [6.07, 6.45) is 2.17. The molecule has 0 bridgehead atoms. The van der Waals surface area contributed by atoms with E-state index in [-0.39, 0.29) is 18.1 Å². The van der Waals surface area contributed by atoms with Gasteiger partial charge in [-0.1, -0.05) is 6.92 Å². The summed E-state index contributed by atoms with van der Waals surface area (Å²) in [5.74, 6) is -0.0468. The van der Waals surface area contributed by atoms with Gasteiger partial charge in [-0.05, 0) is 28.1 Å². The number of rotatable bonds is 5. The lowest BCUT2D eigenvalue weighted by Crippen LogP contribution is -2.24. The second kappa shape index (κ2) is 6.12. The minimum Gasteiger partial charge on any atom is -0.444 e. The molecular weight excluding hydrogens is 365 g/mol. The lowest BCUT2D eigenvalue weighted by Gasteiger charge is -2.08. The molecule has 9 heteroatoms. The summed E-state index contributed by atoms with van der Waals surface area (Å²) in [5.41, 5.74) is 5.70. The number of benzene rings is 1. The van der Waals surface area contributed by atoms with Crippen LogP contribution in [0.4, 0.5) is 10.1 Å². The maximum Gasteiger partial charge on any atom is 0.244 e. The summed E-state index contributed by atoms with van der Waals surface area (Å²) in [5, 5.41) is 0. The van der Waals surface area contributed by atoms with Crippen LogP contribution in [0.15, 0.2) is 32.1 Å². The summed E-state index contributed by atoms with van der Waals surface area (Å²) in [4.78, 5) is 3.40. The van der Waals surface area contributed by atoms with Gasteiger partial charge in [-0.25, -0.2) is 22.5 Å². The fraction of sp³-hybridized carbons (Fsp3) is 0.250. The van der Waals surface area contributed by atoms with Gasteiger partial charge in [0.2, 0.25) is 15.9 Å². The molecule has 0 aliphatic carbocycles. The van der Waals surface area contributed by atoms with Crippen molar-refractivity contribution in [2.75, 3.05) is 5.73 Å². The van der Waals surface area contributed by atoms with Crippen molar-refractivity contribution in [1.29, 1.82) is 0 Å². The number of hydrogen-bond acceptors (Lipinski definition) is 5. The van der Waals surface area contributed by atoms with Crippen LogP contribution in [0.25, 0.3) is 0 Å². The van der Waals surface area contributed by atoms with Crippen molar-refractivity contribution >= 4 is 31.6 Å². The number of oxazole rings is 1. The molecule has 0 saturated carbocycles. The molecule has 2 rings (SSSR count). The lowest BCUT2D eigenvalue weighted by atomic mass is 10.3. The fourth-order valence-corrected chi connectivity index (χ4v) is 2.96. The van der Waals surface area contributed by atoms with E-state index >= 15 is 0 Å². The highest BCUT2D eigenvalue weighted by atomic mass is 79.9. The van der Waals surface area contributed by atoms with E-state index in [9.17, 15) is 12.8 Å². The lowest BCUT2D eigenvalue weighted by molar-refractivity contribution is 0.451. The number of anilines is 1. The van der Waals surface area contributed by atoms with Gasteiger partial charge in [0.05, 0.1) is 12.7 Å². The number of aromatic nitrogens is 1. The van der Waals surface area contributed by atoms with Crippen molar-refractivity contribution in [3.8, 4) is 0 Å². The average molecular weight is 378 g/mol. The predicted molar refractivity (Wildman–Crippen MR) is 78.4 cm³/mol. The van der Waals surface area contributed by atoms with Gasteiger partial charge in [-0.2, -0.15) is 0 Å². The summed E-state index contributed by atoms with van der Waals surface area (Å²) < 4.78 is 45.7. The fourth-order valence-electron chi connectivity index (χ4n) is 1.58. The Kier molecular flexibility index (Phi) is 4.64. The second-order valence-electron chi connectivity index (χ2n) is 4.20. The third-order valence-electron chi connectivity index (χ3n) is 2.70. The Bertz CT molecular complexity index is 761. The molecular formula is C12H13BrFN3O3S. The number of sulfonamides is 1. The number of nitrogen functional groups attached to an aromatic ring is 1. The molecule has 6 nitrogen and oxygen atoms in total. The zero-order valence-electron chi connectivity index (χ0n) is 11.1. The zero-order chi connectivity index (χ0) is 15.6. The summed E-state index contributed by atoms with van der Waals surface area (Å²) in [7, 11) is -4.05. The van der Waals surface area contributed by atoms with Crippen LogP contribution in [0.2, 0.25) is 0 Å². The topological polar surface area (TPSA) is 98.2 Å². The van der Waals surface area contributed by atoms with Crippen molar-refractivity contribution in [2.45, 2.75) is 24.8 Å². The molecule has 21 heavy (non-hydrogen) atoms. The first-order chi connectivity index (χ1) is 9.83. The molecule has 0 unspecified atom stereocenters. The second-order valence-corrected chi connectivity index (χ2v) is 6.79. The van der Waals surface area contributed by atoms with E-state index < -0.39 is 20.7 Å². The molecule has 0 fully saturated rings. The van der Waals surface area contributed by atoms with Crippen molar-refractivity contribution in [3.63, 3.8) is 0 Å². The van der Waals surface area contributed by atoms with Gasteiger partial charge in [-0.15, -0.1) is 0 Å². The van der Waals surface area contributed by atoms with Gasteiger partial charge < -0.3 is 10.2 Å². The maximum absolute atomic E-state index is 13.8. The predicted octanol–water partition coefficient (Wildman–Crippen LogP) is 2.20. The van der Waals surface area contributed by atoms with E-state index in [2.05, 4.69) is 25.6 Å². The highest BCUT2D eigenvalue weighted by molar-refractivity contribution is 9.10. The van der Waals surface area contributed by atoms with Crippen LogP contribution >= 0.6 is 15.9 Å². The van der Waals surface area contributed by atoms with E-state index in [0.717, 1.165) is 12.1 Å². The van der Waals surface area contributed by atoms with Gasteiger partial charge in [0.1, 0.15) is 16.5 Å². The maximum atomic E-state index is 13.8. The Balaban J connectivity index is 2.20. The number of aryl methyl sites for hydroxylation is 1. The van der Waals surface area contributed by atoms with E-state index in [4.69, 9.17) is 10.2 Å². The van der Waals surface area contributed by atoms with Crippen molar-refractivity contribution in [3.05, 3.63) is 40.3 Å². The van der Waals surface area contributed by atoms with Crippen LogP contribution in [0, 0.1) is 5.82 Å². The first-order valence-electron chi connectivity index (χ1n) is 6.01. The standard InChI is InChI=1S/C12H13BrFN3O3S/c1-2-7-5-16-12(20-7)6-17-21(18,19)11-4-10(15)8(13)3-9(11)14/h3-5,17H,2,6,15H2,1H3. The number of nitrogens with zero attached hydrogens (tertiary/aromatic N) is 1. The van der Waals surface area contributed by atoms with E-state index in [1.54, 1.807) is 0 Å². The van der Waals surface area contributed by atoms with E-state index in [0.29, 0.717) is 16.7 Å². The summed E-state index contributed by atoms with van der Waals surface area (Å²) in [6.45, 7) is 1.71. The first-order valence-corrected chi connectivity index (χ1v) is 8.29. The number of nitrogens with one attached hydrogen (secondary N) is 1. The molecule has 1 aromatic heterocycles. The largest absolute Gasteiger partial charge is 0.444 e. The van der Waals surface area contributed by atoms with Gasteiger partial charge >= 0.3 is 0 Å². The summed E-state index contributed by atoms with van der Waals surface area (Å²) >= 11 is 3.03. The van der Waals surface area contributed by atoms with Crippen LogP contribution in [0.1, 0.15) is 18.6 Å². The third kappa shape index (κ3) is 3.60. The Morgan fingerprint density at radius 2 is 2.19 bits per heavy atom. The van der Waals surface area contributed by atoms with E-state index in [1.807, 2.05) is 6.92 Å². The van der Waals surface area contributed by atoms with Gasteiger partial charge in [0.25, 0.3) is 0 Å². The van der Waals surface area contributed by atoms with Crippen molar-refractivity contribution < 1.29 is 17.2 Å². The quantitative estimate of drug-likeness (QED) is 0.778. The Morgan fingerprint density at radius 1 is 1.48 bits per heavy atom. The molecule has 0 atom stereocenters. The van der Waals surface area contributed by atoms with Crippen LogP contribution in [-0.2, 0) is 23.0 Å².